The van der Waals surface area contributed by atoms with Gasteiger partial charge >= 0.3 is 5.97 Å². The van der Waals surface area contributed by atoms with E-state index in [-0.39, 0.29) is 11.4 Å². The Morgan fingerprint density at radius 2 is 1.60 bits per heavy atom. The summed E-state index contributed by atoms with van der Waals surface area (Å²) in [6, 6.07) is 0. The van der Waals surface area contributed by atoms with Crippen LogP contribution in [0.25, 0.3) is 0 Å². The minimum atomic E-state index is -0.122. The molecule has 2 nitrogen and oxygen atoms in total. The zero-order valence-corrected chi connectivity index (χ0v) is 9.08. The maximum atomic E-state index is 12.0. The van der Waals surface area contributed by atoms with Gasteiger partial charge in [-0.05, 0) is 56.3 Å². The number of hydrogen-bond donors (Lipinski definition) is 0. The Hall–Kier alpha value is -0.790. The van der Waals surface area contributed by atoms with Crippen LogP contribution in [0.15, 0.2) is 12.8 Å². The largest absolute Gasteiger partial charge is 0.435 e. The predicted molar refractivity (Wildman–Crippen MR) is 56.9 cm³/mol. The summed E-state index contributed by atoms with van der Waals surface area (Å²) < 4.78 is 5.05. The third-order valence-electron chi connectivity index (χ3n) is 4.66. The summed E-state index contributed by atoms with van der Waals surface area (Å²) in [5.74, 6) is 2.40. The molecule has 0 aromatic rings. The molecule has 4 aliphatic carbocycles. The van der Waals surface area contributed by atoms with Crippen LogP contribution < -0.4 is 0 Å². The summed E-state index contributed by atoms with van der Waals surface area (Å²) in [7, 11) is 0. The topological polar surface area (TPSA) is 26.3 Å². The van der Waals surface area contributed by atoms with Crippen LogP contribution in [0.1, 0.15) is 38.5 Å². The molecular formula is C13H18O2. The first kappa shape index (κ1) is 9.44. The molecule has 0 atom stereocenters. The molecule has 0 spiro atoms. The molecule has 4 rings (SSSR count). The first-order valence-corrected chi connectivity index (χ1v) is 6.04. The maximum absolute atomic E-state index is 12.0. The van der Waals surface area contributed by atoms with Gasteiger partial charge in [0.15, 0.2) is 0 Å². The van der Waals surface area contributed by atoms with E-state index in [0.29, 0.717) is 0 Å². The molecule has 0 radical (unpaired) electrons. The Kier molecular flexibility index (Phi) is 1.95. The van der Waals surface area contributed by atoms with Crippen LogP contribution in [-0.2, 0) is 9.53 Å². The van der Waals surface area contributed by atoms with E-state index in [1.807, 2.05) is 0 Å². The van der Waals surface area contributed by atoms with Gasteiger partial charge in [-0.15, -0.1) is 0 Å². The fraction of sp³-hybridized carbons (Fsp3) is 0.769. The fourth-order valence-corrected chi connectivity index (χ4v) is 4.56. The second-order valence-electron chi connectivity index (χ2n) is 5.77. The summed E-state index contributed by atoms with van der Waals surface area (Å²) in [6.45, 7) is 3.49. The molecule has 82 valence electrons. The zero-order chi connectivity index (χ0) is 10.5. The second kappa shape index (κ2) is 3.10. The third-order valence-corrected chi connectivity index (χ3v) is 4.66. The van der Waals surface area contributed by atoms with Crippen LogP contribution in [0.5, 0.6) is 0 Å². The highest BCUT2D eigenvalue weighted by molar-refractivity contribution is 5.78. The van der Waals surface area contributed by atoms with Gasteiger partial charge in [0, 0.05) is 0 Å². The number of ether oxygens (including phenoxy) is 1. The molecule has 0 amide bonds. The summed E-state index contributed by atoms with van der Waals surface area (Å²) in [6.07, 6.45) is 8.60. The Labute approximate surface area is 90.7 Å². The number of rotatable bonds is 2. The number of hydrogen-bond acceptors (Lipinski definition) is 2. The van der Waals surface area contributed by atoms with Crippen molar-refractivity contribution in [2.45, 2.75) is 38.5 Å². The number of carbonyl (C=O) groups is 1. The molecule has 0 saturated heterocycles. The molecule has 0 unspecified atom stereocenters. The van der Waals surface area contributed by atoms with Gasteiger partial charge in [-0.1, -0.05) is 6.58 Å². The quantitative estimate of drug-likeness (QED) is 0.513. The van der Waals surface area contributed by atoms with E-state index >= 15 is 0 Å². The number of carbonyl (C=O) groups excluding carboxylic acids is 1. The molecule has 4 aliphatic rings. The standard InChI is InChI=1S/C13H18O2/c1-2-15-12(14)13-6-9-3-10(7-13)5-11(4-9)8-13/h2,9-11H,1,3-8H2. The van der Waals surface area contributed by atoms with Crippen molar-refractivity contribution in [1.82, 2.24) is 0 Å². The molecule has 15 heavy (non-hydrogen) atoms. The Bertz CT molecular complexity index is 270. The summed E-state index contributed by atoms with van der Waals surface area (Å²) in [4.78, 5) is 12.0. The molecule has 4 saturated carbocycles. The van der Waals surface area contributed by atoms with Gasteiger partial charge in [-0.2, -0.15) is 0 Å². The highest BCUT2D eigenvalue weighted by Crippen LogP contribution is 2.60. The molecule has 0 heterocycles. The summed E-state index contributed by atoms with van der Waals surface area (Å²) in [5, 5.41) is 0. The highest BCUT2D eigenvalue weighted by Gasteiger charge is 2.55. The molecule has 4 bridgehead atoms. The third kappa shape index (κ3) is 1.34. The van der Waals surface area contributed by atoms with Crippen molar-refractivity contribution in [3.8, 4) is 0 Å². The molecule has 0 aromatic heterocycles. The van der Waals surface area contributed by atoms with Crippen LogP contribution in [-0.4, -0.2) is 5.97 Å². The highest BCUT2D eigenvalue weighted by atomic mass is 16.5. The van der Waals surface area contributed by atoms with Crippen LogP contribution in [0.3, 0.4) is 0 Å². The van der Waals surface area contributed by atoms with Crippen molar-refractivity contribution in [2.24, 2.45) is 23.2 Å². The van der Waals surface area contributed by atoms with Crippen molar-refractivity contribution in [3.63, 3.8) is 0 Å². The van der Waals surface area contributed by atoms with Crippen molar-refractivity contribution in [2.75, 3.05) is 0 Å². The fourth-order valence-electron chi connectivity index (χ4n) is 4.56. The average Bonchev–Trinajstić information content (AvgIpc) is 2.15. The van der Waals surface area contributed by atoms with E-state index in [0.717, 1.165) is 37.0 Å². The lowest BCUT2D eigenvalue weighted by atomic mass is 9.49. The van der Waals surface area contributed by atoms with Gasteiger partial charge in [0.25, 0.3) is 0 Å². The van der Waals surface area contributed by atoms with Crippen molar-refractivity contribution < 1.29 is 9.53 Å². The predicted octanol–water partition coefficient (Wildman–Crippen LogP) is 2.89. The Morgan fingerprint density at radius 1 is 1.13 bits per heavy atom. The minimum absolute atomic E-state index is 0.00315. The van der Waals surface area contributed by atoms with Crippen molar-refractivity contribution >= 4 is 5.97 Å². The molecule has 0 aliphatic heterocycles. The maximum Gasteiger partial charge on any atom is 0.316 e. The van der Waals surface area contributed by atoms with Gasteiger partial charge in [-0.25, -0.2) is 0 Å². The van der Waals surface area contributed by atoms with Crippen LogP contribution in [0.2, 0.25) is 0 Å². The first-order chi connectivity index (χ1) is 7.22. The van der Waals surface area contributed by atoms with E-state index in [9.17, 15) is 4.79 Å². The smallest absolute Gasteiger partial charge is 0.316 e. The molecule has 2 heteroatoms. The molecular weight excluding hydrogens is 188 g/mol. The molecule has 0 aromatic carbocycles. The van der Waals surface area contributed by atoms with Crippen molar-refractivity contribution in [1.29, 1.82) is 0 Å². The van der Waals surface area contributed by atoms with Gasteiger partial charge < -0.3 is 4.74 Å². The summed E-state index contributed by atoms with van der Waals surface area (Å²) in [5.41, 5.74) is -0.122. The monoisotopic (exact) mass is 206 g/mol. The average molecular weight is 206 g/mol. The van der Waals surface area contributed by atoms with Crippen molar-refractivity contribution in [3.05, 3.63) is 12.8 Å². The van der Waals surface area contributed by atoms with Gasteiger partial charge in [0.2, 0.25) is 0 Å². The van der Waals surface area contributed by atoms with E-state index < -0.39 is 0 Å². The Morgan fingerprint density at radius 3 is 2.00 bits per heavy atom. The Balaban J connectivity index is 1.86. The lowest BCUT2D eigenvalue weighted by Gasteiger charge is -2.54. The van der Waals surface area contributed by atoms with E-state index in [2.05, 4.69) is 6.58 Å². The van der Waals surface area contributed by atoms with E-state index in [1.54, 1.807) is 0 Å². The lowest BCUT2D eigenvalue weighted by molar-refractivity contribution is -0.165. The van der Waals surface area contributed by atoms with Gasteiger partial charge in [-0.3, -0.25) is 4.79 Å². The van der Waals surface area contributed by atoms with Crippen LogP contribution in [0, 0.1) is 23.2 Å². The minimum Gasteiger partial charge on any atom is -0.435 e. The lowest BCUT2D eigenvalue weighted by Crippen LogP contribution is -2.50. The van der Waals surface area contributed by atoms with Crippen LogP contribution in [0.4, 0.5) is 0 Å². The first-order valence-electron chi connectivity index (χ1n) is 6.04. The zero-order valence-electron chi connectivity index (χ0n) is 9.08. The SMILES string of the molecule is C=COC(=O)C12CC3CC(CC(C3)C1)C2. The van der Waals surface area contributed by atoms with Gasteiger partial charge in [0.1, 0.15) is 0 Å². The van der Waals surface area contributed by atoms with Gasteiger partial charge in [0.05, 0.1) is 11.7 Å². The number of esters is 1. The van der Waals surface area contributed by atoms with E-state index in [4.69, 9.17) is 4.74 Å². The summed E-state index contributed by atoms with van der Waals surface area (Å²) >= 11 is 0. The normalized spacial score (nSPS) is 46.5. The molecule has 0 N–H and O–H groups in total. The van der Waals surface area contributed by atoms with Crippen LogP contribution >= 0.6 is 0 Å². The van der Waals surface area contributed by atoms with E-state index in [1.165, 1.54) is 25.5 Å². The second-order valence-corrected chi connectivity index (χ2v) is 5.77. The molecule has 4 fully saturated rings.